The summed E-state index contributed by atoms with van der Waals surface area (Å²) in [5, 5.41) is 6.00. The molecule has 2 heterocycles. The molecule has 2 atom stereocenters. The molecule has 0 fully saturated rings. The van der Waals surface area contributed by atoms with Gasteiger partial charge in [-0.05, 0) is 42.2 Å². The lowest BCUT2D eigenvalue weighted by Crippen LogP contribution is -2.16. The summed E-state index contributed by atoms with van der Waals surface area (Å²) in [5.74, 6) is 1.63. The molecule has 31 heavy (non-hydrogen) atoms. The Bertz CT molecular complexity index is 1270. The number of hydrogen-bond donors (Lipinski definition) is 1. The van der Waals surface area contributed by atoms with Crippen molar-refractivity contribution in [3.05, 3.63) is 70.6 Å². The number of nitrogen functional groups attached to an aromatic ring is 1. The van der Waals surface area contributed by atoms with Crippen molar-refractivity contribution in [2.75, 3.05) is 19.5 Å². The average molecular weight is 436 g/mol. The number of nitrogens with zero attached hydrogens (tertiary/aromatic N) is 4. The Morgan fingerprint density at radius 1 is 1.23 bits per heavy atom. The molecule has 2 aromatic heterocycles. The largest absolute Gasteiger partial charge is 0.493 e. The molecule has 0 radical (unpaired) electrons. The second-order valence-corrected chi connectivity index (χ2v) is 7.93. The molecule has 0 saturated carbocycles. The number of anilines is 1. The number of nitrogens with two attached hydrogens (primary N) is 1. The lowest BCUT2D eigenvalue weighted by molar-refractivity contribution is 0.310. The molecule has 2 N–H and O–H groups in total. The van der Waals surface area contributed by atoms with E-state index >= 15 is 0 Å². The highest BCUT2D eigenvalue weighted by Gasteiger charge is 2.36. The van der Waals surface area contributed by atoms with Crippen LogP contribution in [0.15, 0.2) is 48.9 Å². The number of ether oxygens (including phenoxy) is 2. The van der Waals surface area contributed by atoms with Gasteiger partial charge in [-0.15, -0.1) is 0 Å². The van der Waals surface area contributed by atoms with Crippen LogP contribution in [0.4, 0.5) is 5.82 Å². The van der Waals surface area contributed by atoms with Crippen molar-refractivity contribution in [2.45, 2.75) is 25.3 Å². The third-order valence-electron chi connectivity index (χ3n) is 5.81. The molecule has 5 rings (SSSR count). The van der Waals surface area contributed by atoms with Crippen molar-refractivity contribution >= 4 is 28.5 Å². The minimum atomic E-state index is 0.0294. The molecule has 0 amide bonds. The van der Waals surface area contributed by atoms with Crippen LogP contribution in [0.1, 0.15) is 35.6 Å². The Kier molecular flexibility index (Phi) is 4.90. The van der Waals surface area contributed by atoms with Crippen LogP contribution in [-0.2, 0) is 6.42 Å². The average Bonchev–Trinajstić information content (AvgIpc) is 3.37. The number of benzene rings is 2. The molecular formula is C23H22ClN5O2. The predicted octanol–water partition coefficient (Wildman–Crippen LogP) is 4.40. The lowest BCUT2D eigenvalue weighted by atomic mass is 9.90. The first-order chi connectivity index (χ1) is 15.1. The monoisotopic (exact) mass is 435 g/mol. The Morgan fingerprint density at radius 3 is 2.84 bits per heavy atom. The van der Waals surface area contributed by atoms with Gasteiger partial charge in [0.2, 0.25) is 0 Å². The Balaban J connectivity index is 1.66. The van der Waals surface area contributed by atoms with Gasteiger partial charge in [0, 0.05) is 12.1 Å². The van der Waals surface area contributed by atoms with Gasteiger partial charge < -0.3 is 15.2 Å². The van der Waals surface area contributed by atoms with Crippen LogP contribution in [0.3, 0.4) is 0 Å². The minimum absolute atomic E-state index is 0.0294. The summed E-state index contributed by atoms with van der Waals surface area (Å²) in [7, 11) is 1.62. The fraction of sp³-hybridized carbons (Fsp3) is 0.261. The van der Waals surface area contributed by atoms with Crippen molar-refractivity contribution in [2.24, 2.45) is 0 Å². The molecule has 7 nitrogen and oxygen atoms in total. The molecule has 0 spiro atoms. The molecule has 4 aromatic rings. The van der Waals surface area contributed by atoms with Crippen molar-refractivity contribution in [3.63, 3.8) is 0 Å². The van der Waals surface area contributed by atoms with Crippen LogP contribution >= 0.6 is 11.6 Å². The maximum atomic E-state index is 6.61. The van der Waals surface area contributed by atoms with Gasteiger partial charge in [-0.1, -0.05) is 35.9 Å². The van der Waals surface area contributed by atoms with Crippen LogP contribution in [0, 0.1) is 0 Å². The normalized spacial score (nSPS) is 17.6. The van der Waals surface area contributed by atoms with Crippen LogP contribution in [0.2, 0.25) is 5.02 Å². The van der Waals surface area contributed by atoms with E-state index in [1.807, 2.05) is 29.9 Å². The van der Waals surface area contributed by atoms with E-state index in [4.69, 9.17) is 31.9 Å². The topological polar surface area (TPSA) is 88.1 Å². The molecule has 0 aliphatic heterocycles. The highest BCUT2D eigenvalue weighted by molar-refractivity contribution is 6.32. The van der Waals surface area contributed by atoms with E-state index < -0.39 is 0 Å². The highest BCUT2D eigenvalue weighted by atomic mass is 35.5. The second kappa shape index (κ2) is 7.74. The zero-order chi connectivity index (χ0) is 21.5. The van der Waals surface area contributed by atoms with E-state index in [-0.39, 0.29) is 12.0 Å². The molecule has 2 unspecified atom stereocenters. The van der Waals surface area contributed by atoms with E-state index in [1.165, 1.54) is 17.5 Å². The van der Waals surface area contributed by atoms with Gasteiger partial charge in [-0.3, -0.25) is 4.68 Å². The first-order valence-electron chi connectivity index (χ1n) is 10.1. The third kappa shape index (κ3) is 3.25. The summed E-state index contributed by atoms with van der Waals surface area (Å²) in [6.07, 6.45) is 4.20. The smallest absolute Gasteiger partial charge is 0.186 e. The van der Waals surface area contributed by atoms with E-state index in [0.717, 1.165) is 17.4 Å². The molecule has 158 valence electrons. The predicted molar refractivity (Wildman–Crippen MR) is 120 cm³/mol. The van der Waals surface area contributed by atoms with E-state index in [0.29, 0.717) is 34.6 Å². The van der Waals surface area contributed by atoms with Crippen LogP contribution < -0.4 is 15.2 Å². The quantitative estimate of drug-likeness (QED) is 0.500. The van der Waals surface area contributed by atoms with Gasteiger partial charge in [0.15, 0.2) is 17.1 Å². The van der Waals surface area contributed by atoms with Crippen LogP contribution in [-0.4, -0.2) is 33.5 Å². The van der Waals surface area contributed by atoms with Crippen molar-refractivity contribution in [3.8, 4) is 11.5 Å². The molecule has 0 saturated heterocycles. The first kappa shape index (κ1) is 19.6. The molecule has 1 aliphatic carbocycles. The number of halogens is 1. The molecule has 1 aliphatic rings. The van der Waals surface area contributed by atoms with Gasteiger partial charge in [0.1, 0.15) is 12.1 Å². The van der Waals surface area contributed by atoms with Gasteiger partial charge >= 0.3 is 0 Å². The molecule has 2 aromatic carbocycles. The Hall–Kier alpha value is -3.32. The molecule has 8 heteroatoms. The first-order valence-corrected chi connectivity index (χ1v) is 10.5. The Morgan fingerprint density at radius 2 is 2.06 bits per heavy atom. The molecule has 0 bridgehead atoms. The second-order valence-electron chi connectivity index (χ2n) is 7.52. The summed E-state index contributed by atoms with van der Waals surface area (Å²) in [5.41, 5.74) is 10.2. The fourth-order valence-corrected chi connectivity index (χ4v) is 4.74. The number of rotatable bonds is 5. The molecular weight excluding hydrogens is 414 g/mol. The summed E-state index contributed by atoms with van der Waals surface area (Å²) in [4.78, 5) is 8.36. The van der Waals surface area contributed by atoms with Gasteiger partial charge in [-0.2, -0.15) is 5.10 Å². The van der Waals surface area contributed by atoms with E-state index in [9.17, 15) is 0 Å². The van der Waals surface area contributed by atoms with Crippen LogP contribution in [0.5, 0.6) is 11.5 Å². The lowest BCUT2D eigenvalue weighted by Gasteiger charge is -2.23. The summed E-state index contributed by atoms with van der Waals surface area (Å²) in [6.45, 7) is 2.43. The summed E-state index contributed by atoms with van der Waals surface area (Å²) in [6, 6.07) is 12.4. The number of methoxy groups -OCH3 is 1. The summed E-state index contributed by atoms with van der Waals surface area (Å²) >= 11 is 6.61. The van der Waals surface area contributed by atoms with E-state index in [2.05, 4.69) is 34.2 Å². The zero-order valence-corrected chi connectivity index (χ0v) is 18.0. The minimum Gasteiger partial charge on any atom is -0.493 e. The third-order valence-corrected chi connectivity index (χ3v) is 6.09. The van der Waals surface area contributed by atoms with Gasteiger partial charge in [0.05, 0.1) is 30.2 Å². The van der Waals surface area contributed by atoms with Crippen molar-refractivity contribution in [1.29, 1.82) is 0 Å². The standard InChI is InChI=1S/C23H22ClN5O2/c1-3-31-21-17(24)8-14(10-19(21)30-2)20-15-7-5-4-6-13(15)9-18(20)29-11-16-22(25)26-12-27-23(16)28-29/h4-8,10-12,18,20H,3,9H2,1-2H3,(H2,25,26,27,28). The van der Waals surface area contributed by atoms with E-state index in [1.54, 1.807) is 7.11 Å². The Labute approximate surface area is 184 Å². The maximum Gasteiger partial charge on any atom is 0.186 e. The SMILES string of the molecule is CCOc1c(Cl)cc(C2c3ccccc3CC2n2cc3c(N)ncnc3n2)cc1OC. The summed E-state index contributed by atoms with van der Waals surface area (Å²) < 4.78 is 13.3. The maximum absolute atomic E-state index is 6.61. The van der Waals surface area contributed by atoms with Gasteiger partial charge in [0.25, 0.3) is 0 Å². The number of fused-ring (bicyclic) bond motifs is 2. The number of aromatic nitrogens is 4. The zero-order valence-electron chi connectivity index (χ0n) is 17.2. The van der Waals surface area contributed by atoms with Crippen molar-refractivity contribution in [1.82, 2.24) is 19.7 Å². The highest BCUT2D eigenvalue weighted by Crippen LogP contribution is 2.48. The van der Waals surface area contributed by atoms with Gasteiger partial charge in [-0.25, -0.2) is 9.97 Å². The van der Waals surface area contributed by atoms with Crippen molar-refractivity contribution < 1.29 is 9.47 Å². The number of hydrogen-bond acceptors (Lipinski definition) is 6. The fourth-order valence-electron chi connectivity index (χ4n) is 4.47. The van der Waals surface area contributed by atoms with Crippen LogP contribution in [0.25, 0.3) is 11.0 Å².